The van der Waals surface area contributed by atoms with Crippen molar-refractivity contribution >= 4 is 43.7 Å². The minimum atomic E-state index is -0.658. The number of carboxylic acid groups (broad SMARTS) is 1. The van der Waals surface area contributed by atoms with E-state index in [0.29, 0.717) is 6.42 Å². The minimum Gasteiger partial charge on any atom is -0.481 e. The van der Waals surface area contributed by atoms with Gasteiger partial charge in [0, 0.05) is 44.2 Å². The molecular formula is C13H26CaO2. The van der Waals surface area contributed by atoms with Gasteiger partial charge in [-0.1, -0.05) is 64.7 Å². The van der Waals surface area contributed by atoms with Gasteiger partial charge in [-0.15, -0.1) is 0 Å². The Kier molecular flexibility index (Phi) is 18.8. The molecule has 0 bridgehead atoms. The molecule has 0 aliphatic carbocycles. The molecule has 1 N–H and O–H groups in total. The van der Waals surface area contributed by atoms with Crippen LogP contribution in [0.3, 0.4) is 0 Å². The molecule has 0 saturated carbocycles. The van der Waals surface area contributed by atoms with E-state index in [-0.39, 0.29) is 37.7 Å². The minimum absolute atomic E-state index is 0. The molecule has 0 spiro atoms. The van der Waals surface area contributed by atoms with E-state index in [4.69, 9.17) is 5.11 Å². The van der Waals surface area contributed by atoms with Crippen molar-refractivity contribution in [1.29, 1.82) is 0 Å². The average molecular weight is 254 g/mol. The Labute approximate surface area is 130 Å². The largest absolute Gasteiger partial charge is 0.481 e. The first-order valence-electron chi connectivity index (χ1n) is 6.49. The molecule has 0 aromatic rings. The number of carboxylic acids is 1. The summed E-state index contributed by atoms with van der Waals surface area (Å²) in [5.74, 6) is -0.658. The summed E-state index contributed by atoms with van der Waals surface area (Å²) in [6, 6.07) is 0. The molecule has 0 aliphatic rings. The molecule has 0 atom stereocenters. The van der Waals surface area contributed by atoms with E-state index in [0.717, 1.165) is 12.8 Å². The van der Waals surface area contributed by atoms with Gasteiger partial charge < -0.3 is 5.11 Å². The fourth-order valence-corrected chi connectivity index (χ4v) is 1.76. The van der Waals surface area contributed by atoms with Crippen molar-refractivity contribution in [2.75, 3.05) is 0 Å². The Morgan fingerprint density at radius 1 is 0.812 bits per heavy atom. The maximum atomic E-state index is 10.2. The SMILES string of the molecule is CCCCCCCCCCCCC(=O)O.[Ca]. The zero-order valence-corrected chi connectivity index (χ0v) is 13.0. The third kappa shape index (κ3) is 17.1. The van der Waals surface area contributed by atoms with Crippen LogP contribution in [-0.4, -0.2) is 48.8 Å². The summed E-state index contributed by atoms with van der Waals surface area (Å²) < 4.78 is 0. The molecule has 92 valence electrons. The van der Waals surface area contributed by atoms with E-state index in [2.05, 4.69) is 6.92 Å². The van der Waals surface area contributed by atoms with Gasteiger partial charge in [0.15, 0.2) is 0 Å². The second-order valence-electron chi connectivity index (χ2n) is 4.33. The second kappa shape index (κ2) is 15.7. The molecule has 0 saturated heterocycles. The van der Waals surface area contributed by atoms with Crippen molar-refractivity contribution in [3.63, 3.8) is 0 Å². The maximum absolute atomic E-state index is 10.2. The molecule has 0 aliphatic heterocycles. The quantitative estimate of drug-likeness (QED) is 0.447. The third-order valence-corrected chi connectivity index (χ3v) is 2.74. The Balaban J connectivity index is 0. The Hall–Kier alpha value is 0.730. The number of unbranched alkanes of at least 4 members (excludes halogenated alkanes) is 9. The molecule has 16 heavy (non-hydrogen) atoms. The van der Waals surface area contributed by atoms with Gasteiger partial charge in [-0.25, -0.2) is 0 Å². The summed E-state index contributed by atoms with van der Waals surface area (Å²) >= 11 is 0. The van der Waals surface area contributed by atoms with E-state index in [1.165, 1.54) is 51.4 Å². The van der Waals surface area contributed by atoms with Crippen LogP contribution >= 0.6 is 0 Å². The Bertz CT molecular complexity index is 149. The van der Waals surface area contributed by atoms with Crippen molar-refractivity contribution in [2.45, 2.75) is 77.6 Å². The fourth-order valence-electron chi connectivity index (χ4n) is 1.76. The van der Waals surface area contributed by atoms with Crippen LogP contribution in [0.4, 0.5) is 0 Å². The molecule has 0 unspecified atom stereocenters. The number of carbonyl (C=O) groups is 1. The number of rotatable bonds is 11. The molecule has 2 nitrogen and oxygen atoms in total. The molecule has 3 heteroatoms. The normalized spacial score (nSPS) is 9.81. The molecule has 0 rings (SSSR count). The number of aliphatic carboxylic acids is 1. The predicted molar refractivity (Wildman–Crippen MR) is 69.9 cm³/mol. The van der Waals surface area contributed by atoms with Gasteiger partial charge in [0.25, 0.3) is 0 Å². The molecule has 0 amide bonds. The fraction of sp³-hybridized carbons (Fsp3) is 0.923. The van der Waals surface area contributed by atoms with E-state index >= 15 is 0 Å². The van der Waals surface area contributed by atoms with Crippen LogP contribution in [0.25, 0.3) is 0 Å². The van der Waals surface area contributed by atoms with Crippen LogP contribution < -0.4 is 0 Å². The van der Waals surface area contributed by atoms with Gasteiger partial charge >= 0.3 is 5.97 Å². The summed E-state index contributed by atoms with van der Waals surface area (Å²) in [6.45, 7) is 2.24. The average Bonchev–Trinajstić information content (AvgIpc) is 2.20. The van der Waals surface area contributed by atoms with Crippen LogP contribution in [0.5, 0.6) is 0 Å². The van der Waals surface area contributed by atoms with E-state index < -0.39 is 5.97 Å². The monoisotopic (exact) mass is 254 g/mol. The predicted octanol–water partition coefficient (Wildman–Crippen LogP) is 4.00. The van der Waals surface area contributed by atoms with Crippen molar-refractivity contribution < 1.29 is 9.90 Å². The first-order chi connectivity index (χ1) is 7.27. The summed E-state index contributed by atoms with van der Waals surface area (Å²) in [5.41, 5.74) is 0. The van der Waals surface area contributed by atoms with Gasteiger partial charge in [-0.05, 0) is 6.42 Å². The zero-order valence-electron chi connectivity index (χ0n) is 10.8. The van der Waals surface area contributed by atoms with Crippen molar-refractivity contribution in [3.8, 4) is 0 Å². The van der Waals surface area contributed by atoms with Gasteiger partial charge in [0.2, 0.25) is 0 Å². The third-order valence-electron chi connectivity index (χ3n) is 2.74. The summed E-state index contributed by atoms with van der Waals surface area (Å²) in [4.78, 5) is 10.2. The standard InChI is InChI=1S/C13H26O2.Ca/c1-2-3-4-5-6-7-8-9-10-11-12-13(14)15;/h2-12H2,1H3,(H,14,15);. The van der Waals surface area contributed by atoms with Crippen LogP contribution in [0.2, 0.25) is 0 Å². The van der Waals surface area contributed by atoms with Gasteiger partial charge in [0.05, 0.1) is 0 Å². The zero-order chi connectivity index (χ0) is 11.4. The number of hydrogen-bond acceptors (Lipinski definition) is 1. The van der Waals surface area contributed by atoms with Gasteiger partial charge in [-0.2, -0.15) is 0 Å². The molecule has 0 aromatic heterocycles. The first kappa shape index (κ1) is 19.1. The smallest absolute Gasteiger partial charge is 0.303 e. The molecule has 0 heterocycles. The van der Waals surface area contributed by atoms with Crippen molar-refractivity contribution in [1.82, 2.24) is 0 Å². The molecule has 0 aromatic carbocycles. The van der Waals surface area contributed by atoms with Crippen molar-refractivity contribution in [3.05, 3.63) is 0 Å². The van der Waals surface area contributed by atoms with E-state index in [1.807, 2.05) is 0 Å². The molecule has 0 fully saturated rings. The topological polar surface area (TPSA) is 37.3 Å². The van der Waals surface area contributed by atoms with Crippen LogP contribution in [0, 0.1) is 0 Å². The maximum Gasteiger partial charge on any atom is 0.303 e. The van der Waals surface area contributed by atoms with E-state index in [9.17, 15) is 4.79 Å². The van der Waals surface area contributed by atoms with Gasteiger partial charge in [-0.3, -0.25) is 4.79 Å². The summed E-state index contributed by atoms with van der Waals surface area (Å²) in [5, 5.41) is 8.44. The summed E-state index contributed by atoms with van der Waals surface area (Å²) in [7, 11) is 0. The summed E-state index contributed by atoms with van der Waals surface area (Å²) in [6.07, 6.45) is 12.9. The first-order valence-corrected chi connectivity index (χ1v) is 6.49. The molecule has 2 radical (unpaired) electrons. The number of hydrogen-bond donors (Lipinski definition) is 1. The van der Waals surface area contributed by atoms with Crippen LogP contribution in [0.1, 0.15) is 77.6 Å². The second-order valence-corrected chi connectivity index (χ2v) is 4.33. The van der Waals surface area contributed by atoms with E-state index in [1.54, 1.807) is 0 Å². The molecular weight excluding hydrogens is 228 g/mol. The van der Waals surface area contributed by atoms with Crippen molar-refractivity contribution in [2.24, 2.45) is 0 Å². The Morgan fingerprint density at radius 3 is 1.56 bits per heavy atom. The van der Waals surface area contributed by atoms with Gasteiger partial charge in [0.1, 0.15) is 0 Å². The van der Waals surface area contributed by atoms with Crippen LogP contribution in [-0.2, 0) is 4.79 Å². The van der Waals surface area contributed by atoms with Crippen LogP contribution in [0.15, 0.2) is 0 Å². The Morgan fingerprint density at radius 2 is 1.19 bits per heavy atom.